The standard InChI is InChI=1S/C32H44FN3O5/c1-30(2,3)40-28(37)35(7)17-18-39-25-14-9-8-12-22(25)23-13-10-11-21(26(23)33)19-24-27(34)32(15-16-32)20-36(24)29(38)41-31(4,5)6/h8-14,24,27H,15-20,34H2,1-7H3/t24-,27+/m0/s1. The van der Waals surface area contributed by atoms with E-state index in [1.54, 1.807) is 30.1 Å². The number of likely N-dealkylation sites (N-methyl/N-ethyl adjacent to an activating group) is 1. The minimum absolute atomic E-state index is 0.109. The van der Waals surface area contributed by atoms with Gasteiger partial charge in [0, 0.05) is 36.2 Å². The third kappa shape index (κ3) is 7.31. The first kappa shape index (κ1) is 30.6. The van der Waals surface area contributed by atoms with Gasteiger partial charge in [-0.15, -0.1) is 0 Å². The summed E-state index contributed by atoms with van der Waals surface area (Å²) in [6, 6.07) is 11.9. The molecule has 0 unspecified atom stereocenters. The van der Waals surface area contributed by atoms with Crippen molar-refractivity contribution >= 4 is 12.2 Å². The number of para-hydroxylation sites is 1. The van der Waals surface area contributed by atoms with E-state index in [2.05, 4.69) is 0 Å². The van der Waals surface area contributed by atoms with Gasteiger partial charge in [0.2, 0.25) is 0 Å². The summed E-state index contributed by atoms with van der Waals surface area (Å²) in [5.41, 5.74) is 6.83. The molecule has 1 heterocycles. The van der Waals surface area contributed by atoms with Gasteiger partial charge in [-0.3, -0.25) is 0 Å². The number of ether oxygens (including phenoxy) is 3. The fraction of sp³-hybridized carbons (Fsp3) is 0.562. The van der Waals surface area contributed by atoms with Crippen molar-refractivity contribution in [3.63, 3.8) is 0 Å². The molecule has 1 aliphatic carbocycles. The maximum Gasteiger partial charge on any atom is 0.410 e. The van der Waals surface area contributed by atoms with Gasteiger partial charge < -0.3 is 29.7 Å². The van der Waals surface area contributed by atoms with E-state index < -0.39 is 23.4 Å². The van der Waals surface area contributed by atoms with Crippen LogP contribution in [-0.2, 0) is 15.9 Å². The first-order valence-electron chi connectivity index (χ1n) is 14.3. The van der Waals surface area contributed by atoms with Crippen molar-refractivity contribution in [1.82, 2.24) is 9.80 Å². The zero-order valence-corrected chi connectivity index (χ0v) is 25.3. The van der Waals surface area contributed by atoms with Crippen molar-refractivity contribution in [2.24, 2.45) is 11.1 Å². The van der Waals surface area contributed by atoms with E-state index >= 15 is 4.39 Å². The smallest absolute Gasteiger partial charge is 0.410 e. The van der Waals surface area contributed by atoms with Gasteiger partial charge in [-0.1, -0.05) is 36.4 Å². The molecule has 1 saturated carbocycles. The Kier molecular flexibility index (Phi) is 8.60. The number of carbonyl (C=O) groups excluding carboxylic acids is 2. The summed E-state index contributed by atoms with van der Waals surface area (Å²) < 4.78 is 33.2. The summed E-state index contributed by atoms with van der Waals surface area (Å²) in [6.45, 7) is 12.0. The number of likely N-dealkylation sites (tertiary alicyclic amines) is 1. The normalized spacial score (nSPS) is 19.7. The topological polar surface area (TPSA) is 94.3 Å². The summed E-state index contributed by atoms with van der Waals surface area (Å²) in [6.07, 6.45) is 1.35. The molecule has 2 aromatic carbocycles. The van der Waals surface area contributed by atoms with Crippen molar-refractivity contribution in [2.75, 3.05) is 26.7 Å². The molecule has 0 aromatic heterocycles. The van der Waals surface area contributed by atoms with E-state index in [0.29, 0.717) is 35.5 Å². The van der Waals surface area contributed by atoms with Crippen LogP contribution in [0.2, 0.25) is 0 Å². The highest BCUT2D eigenvalue weighted by atomic mass is 19.1. The predicted molar refractivity (Wildman–Crippen MR) is 156 cm³/mol. The van der Waals surface area contributed by atoms with E-state index in [9.17, 15) is 9.59 Å². The number of carbonyl (C=O) groups is 2. The van der Waals surface area contributed by atoms with Crippen LogP contribution in [0.4, 0.5) is 14.0 Å². The molecule has 2 aliphatic rings. The fourth-order valence-electron chi connectivity index (χ4n) is 5.28. The second kappa shape index (κ2) is 11.5. The van der Waals surface area contributed by atoms with Crippen LogP contribution in [0.15, 0.2) is 42.5 Å². The van der Waals surface area contributed by atoms with Gasteiger partial charge in [0.25, 0.3) is 0 Å². The van der Waals surface area contributed by atoms with E-state index in [1.807, 2.05) is 65.8 Å². The van der Waals surface area contributed by atoms with Crippen molar-refractivity contribution in [2.45, 2.75) is 84.1 Å². The molecule has 224 valence electrons. The van der Waals surface area contributed by atoms with Crippen LogP contribution in [0.3, 0.4) is 0 Å². The first-order chi connectivity index (χ1) is 19.1. The maximum absolute atomic E-state index is 16.1. The van der Waals surface area contributed by atoms with Gasteiger partial charge in [-0.25, -0.2) is 14.0 Å². The van der Waals surface area contributed by atoms with Crippen LogP contribution < -0.4 is 10.5 Å². The largest absolute Gasteiger partial charge is 0.491 e. The van der Waals surface area contributed by atoms with Crippen molar-refractivity contribution in [1.29, 1.82) is 0 Å². The Morgan fingerprint density at radius 3 is 2.27 bits per heavy atom. The average Bonchev–Trinajstić information content (AvgIpc) is 3.60. The highest BCUT2D eigenvalue weighted by molar-refractivity contribution is 5.72. The van der Waals surface area contributed by atoms with Crippen molar-refractivity contribution in [3.8, 4) is 16.9 Å². The second-order valence-corrected chi connectivity index (χ2v) is 13.3. The Bertz CT molecular complexity index is 1260. The highest BCUT2D eigenvalue weighted by Gasteiger charge is 2.59. The molecule has 0 radical (unpaired) electrons. The summed E-state index contributed by atoms with van der Waals surface area (Å²) >= 11 is 0. The van der Waals surface area contributed by atoms with Crippen molar-refractivity contribution < 1.29 is 28.2 Å². The Morgan fingerprint density at radius 1 is 1.00 bits per heavy atom. The number of nitrogens with zero attached hydrogens (tertiary/aromatic N) is 2. The van der Waals surface area contributed by atoms with E-state index in [4.69, 9.17) is 19.9 Å². The summed E-state index contributed by atoms with van der Waals surface area (Å²) in [7, 11) is 1.65. The SMILES string of the molecule is CN(CCOc1ccccc1-c1cccc(C[C@H]2[C@@H](N)C3(CC3)CN2C(=O)OC(C)(C)C)c1F)C(=O)OC(C)(C)C. The Morgan fingerprint density at radius 2 is 1.63 bits per heavy atom. The number of hydrogen-bond acceptors (Lipinski definition) is 6. The van der Waals surface area contributed by atoms with E-state index in [0.717, 1.165) is 12.8 Å². The molecule has 1 saturated heterocycles. The lowest BCUT2D eigenvalue weighted by atomic mass is 9.91. The Hall–Kier alpha value is -3.33. The zero-order chi connectivity index (χ0) is 30.2. The monoisotopic (exact) mass is 569 g/mol. The third-order valence-corrected chi connectivity index (χ3v) is 7.60. The van der Waals surface area contributed by atoms with Gasteiger partial charge >= 0.3 is 12.2 Å². The molecule has 2 atom stereocenters. The lowest BCUT2D eigenvalue weighted by Gasteiger charge is -2.30. The molecule has 8 nitrogen and oxygen atoms in total. The quantitative estimate of drug-likeness (QED) is 0.439. The van der Waals surface area contributed by atoms with Crippen LogP contribution in [0.25, 0.3) is 11.1 Å². The average molecular weight is 570 g/mol. The lowest BCUT2D eigenvalue weighted by Crippen LogP contribution is -2.46. The van der Waals surface area contributed by atoms with E-state index in [-0.39, 0.29) is 36.3 Å². The fourth-order valence-corrected chi connectivity index (χ4v) is 5.28. The van der Waals surface area contributed by atoms with Crippen LogP contribution >= 0.6 is 0 Å². The van der Waals surface area contributed by atoms with Gasteiger partial charge in [0.15, 0.2) is 0 Å². The maximum atomic E-state index is 16.1. The minimum atomic E-state index is -0.637. The van der Waals surface area contributed by atoms with Gasteiger partial charge in [-0.2, -0.15) is 0 Å². The molecule has 4 rings (SSSR count). The number of nitrogens with two attached hydrogens (primary N) is 1. The minimum Gasteiger partial charge on any atom is -0.491 e. The zero-order valence-electron chi connectivity index (χ0n) is 25.3. The molecule has 2 N–H and O–H groups in total. The van der Waals surface area contributed by atoms with Crippen LogP contribution in [-0.4, -0.2) is 72.0 Å². The molecule has 1 spiro atoms. The number of rotatable bonds is 7. The number of hydrogen-bond donors (Lipinski definition) is 1. The molecule has 1 aliphatic heterocycles. The lowest BCUT2D eigenvalue weighted by molar-refractivity contribution is 0.0213. The second-order valence-electron chi connectivity index (χ2n) is 13.3. The number of benzene rings is 2. The van der Waals surface area contributed by atoms with Crippen LogP contribution in [0.1, 0.15) is 59.9 Å². The highest BCUT2D eigenvalue weighted by Crippen LogP contribution is 2.54. The molecule has 41 heavy (non-hydrogen) atoms. The number of halogens is 1. The third-order valence-electron chi connectivity index (χ3n) is 7.60. The first-order valence-corrected chi connectivity index (χ1v) is 14.3. The van der Waals surface area contributed by atoms with Gasteiger partial charge in [0.05, 0.1) is 12.6 Å². The number of amides is 2. The molecule has 9 heteroatoms. The Labute approximate surface area is 242 Å². The van der Waals surface area contributed by atoms with Crippen LogP contribution in [0, 0.1) is 11.2 Å². The molecule has 2 amide bonds. The molecule has 2 fully saturated rings. The molecular formula is C32H44FN3O5. The van der Waals surface area contributed by atoms with E-state index in [1.165, 1.54) is 4.90 Å². The predicted octanol–water partition coefficient (Wildman–Crippen LogP) is 6.01. The molecule has 2 aromatic rings. The van der Waals surface area contributed by atoms with Crippen LogP contribution in [0.5, 0.6) is 5.75 Å². The van der Waals surface area contributed by atoms with Gasteiger partial charge in [0.1, 0.15) is 29.4 Å². The summed E-state index contributed by atoms with van der Waals surface area (Å²) in [5.74, 6) is 0.133. The van der Waals surface area contributed by atoms with Crippen molar-refractivity contribution in [3.05, 3.63) is 53.8 Å². The summed E-state index contributed by atoms with van der Waals surface area (Å²) in [4.78, 5) is 28.5. The molecule has 0 bridgehead atoms. The summed E-state index contributed by atoms with van der Waals surface area (Å²) in [5, 5.41) is 0. The van der Waals surface area contributed by atoms with Gasteiger partial charge in [-0.05, 0) is 72.4 Å². The Balaban J connectivity index is 1.51. The molecular weight excluding hydrogens is 525 g/mol.